The summed E-state index contributed by atoms with van der Waals surface area (Å²) in [4.78, 5) is 2.47. The van der Waals surface area contributed by atoms with Crippen LogP contribution < -0.4 is 5.32 Å². The zero-order chi connectivity index (χ0) is 15.0. The average molecular weight is 300 g/mol. The Morgan fingerprint density at radius 2 is 2.18 bits per heavy atom. The molecule has 5 heteroatoms. The molecule has 2 fully saturated rings. The number of hydrogen-bond donors (Lipinski definition) is 2. The molecule has 22 heavy (non-hydrogen) atoms. The van der Waals surface area contributed by atoms with E-state index >= 15 is 0 Å². The number of likely N-dealkylation sites (tertiary alicyclic amines) is 1. The molecule has 3 heterocycles. The van der Waals surface area contributed by atoms with E-state index in [1.54, 1.807) is 12.1 Å². The van der Waals surface area contributed by atoms with Gasteiger partial charge in [0, 0.05) is 30.8 Å². The van der Waals surface area contributed by atoms with Crippen molar-refractivity contribution >= 4 is 0 Å². The van der Waals surface area contributed by atoms with E-state index in [1.165, 1.54) is 18.9 Å². The number of halogens is 1. The fourth-order valence-corrected chi connectivity index (χ4v) is 3.88. The van der Waals surface area contributed by atoms with Crippen molar-refractivity contribution in [3.8, 4) is 11.3 Å². The van der Waals surface area contributed by atoms with Crippen LogP contribution in [0.25, 0.3) is 11.3 Å². The summed E-state index contributed by atoms with van der Waals surface area (Å²) >= 11 is 0. The highest BCUT2D eigenvalue weighted by Crippen LogP contribution is 2.37. The van der Waals surface area contributed by atoms with Gasteiger partial charge < -0.3 is 5.32 Å². The standard InChI is InChI=1S/C17H21FN4/c18-15-4-2-1-3-14(15)16-13(9-20-21-16)10-22-8-6-17(12-22)5-7-19-11-17/h1-4,9,19H,5-8,10-12H2,(H,20,21). The molecule has 0 bridgehead atoms. The molecule has 2 aliphatic rings. The van der Waals surface area contributed by atoms with Gasteiger partial charge in [-0.2, -0.15) is 5.10 Å². The zero-order valence-corrected chi connectivity index (χ0v) is 12.6. The lowest BCUT2D eigenvalue weighted by Crippen LogP contribution is -2.29. The van der Waals surface area contributed by atoms with Gasteiger partial charge in [-0.15, -0.1) is 0 Å². The summed E-state index contributed by atoms with van der Waals surface area (Å²) in [7, 11) is 0. The monoisotopic (exact) mass is 300 g/mol. The van der Waals surface area contributed by atoms with Crippen LogP contribution in [0.15, 0.2) is 30.5 Å². The first-order chi connectivity index (χ1) is 10.8. The van der Waals surface area contributed by atoms with Crippen LogP contribution in [-0.4, -0.2) is 41.3 Å². The summed E-state index contributed by atoms with van der Waals surface area (Å²) < 4.78 is 14.0. The number of aromatic amines is 1. The summed E-state index contributed by atoms with van der Waals surface area (Å²) in [5.41, 5.74) is 2.95. The molecule has 1 atom stereocenters. The molecule has 4 nitrogen and oxygen atoms in total. The van der Waals surface area contributed by atoms with E-state index in [-0.39, 0.29) is 5.82 Å². The van der Waals surface area contributed by atoms with Crippen LogP contribution in [-0.2, 0) is 6.54 Å². The Bertz CT molecular complexity index is 660. The van der Waals surface area contributed by atoms with Crippen molar-refractivity contribution in [3.05, 3.63) is 41.8 Å². The smallest absolute Gasteiger partial charge is 0.132 e. The Hall–Kier alpha value is -1.72. The molecule has 0 amide bonds. The van der Waals surface area contributed by atoms with Crippen LogP contribution in [0, 0.1) is 11.2 Å². The minimum atomic E-state index is -0.203. The number of rotatable bonds is 3. The summed E-state index contributed by atoms with van der Waals surface area (Å²) in [5.74, 6) is -0.203. The van der Waals surface area contributed by atoms with Crippen molar-refractivity contribution in [2.45, 2.75) is 19.4 Å². The van der Waals surface area contributed by atoms with Gasteiger partial charge in [0.1, 0.15) is 5.82 Å². The summed E-state index contributed by atoms with van der Waals surface area (Å²) in [6, 6.07) is 6.87. The molecular weight excluding hydrogens is 279 g/mol. The van der Waals surface area contributed by atoms with Crippen LogP contribution in [0.4, 0.5) is 4.39 Å². The molecule has 0 aliphatic carbocycles. The first-order valence-corrected chi connectivity index (χ1v) is 7.96. The van der Waals surface area contributed by atoms with Gasteiger partial charge in [0.2, 0.25) is 0 Å². The maximum absolute atomic E-state index is 14.0. The van der Waals surface area contributed by atoms with Crippen molar-refractivity contribution in [1.29, 1.82) is 0 Å². The van der Waals surface area contributed by atoms with E-state index in [0.717, 1.165) is 44.0 Å². The normalized spacial score (nSPS) is 25.3. The summed E-state index contributed by atoms with van der Waals surface area (Å²) in [6.07, 6.45) is 4.36. The van der Waals surface area contributed by atoms with Crippen molar-refractivity contribution < 1.29 is 4.39 Å². The molecule has 2 saturated heterocycles. The number of hydrogen-bond acceptors (Lipinski definition) is 3. The third kappa shape index (κ3) is 2.44. The van der Waals surface area contributed by atoms with Gasteiger partial charge in [0.15, 0.2) is 0 Å². The summed E-state index contributed by atoms with van der Waals surface area (Å²) in [5, 5.41) is 10.6. The molecule has 116 valence electrons. The third-order valence-electron chi connectivity index (χ3n) is 5.10. The number of nitrogens with one attached hydrogen (secondary N) is 2. The predicted molar refractivity (Wildman–Crippen MR) is 83.8 cm³/mol. The Kier molecular flexibility index (Phi) is 3.47. The third-order valence-corrected chi connectivity index (χ3v) is 5.10. The molecule has 1 aromatic heterocycles. The minimum Gasteiger partial charge on any atom is -0.316 e. The van der Waals surface area contributed by atoms with Crippen molar-refractivity contribution in [1.82, 2.24) is 20.4 Å². The maximum atomic E-state index is 14.0. The van der Waals surface area contributed by atoms with Crippen LogP contribution in [0.2, 0.25) is 0 Å². The lowest BCUT2D eigenvalue weighted by Gasteiger charge is -2.22. The molecule has 0 radical (unpaired) electrons. The first kappa shape index (κ1) is 13.9. The van der Waals surface area contributed by atoms with Gasteiger partial charge in [0.05, 0.1) is 11.9 Å². The van der Waals surface area contributed by atoms with E-state index in [1.807, 2.05) is 12.3 Å². The highest BCUT2D eigenvalue weighted by atomic mass is 19.1. The van der Waals surface area contributed by atoms with Gasteiger partial charge in [-0.3, -0.25) is 10.00 Å². The topological polar surface area (TPSA) is 44.0 Å². The van der Waals surface area contributed by atoms with Gasteiger partial charge in [-0.05, 0) is 43.5 Å². The fourth-order valence-electron chi connectivity index (χ4n) is 3.88. The number of aromatic nitrogens is 2. The summed E-state index contributed by atoms with van der Waals surface area (Å²) in [6.45, 7) is 5.35. The maximum Gasteiger partial charge on any atom is 0.132 e. The lowest BCUT2D eigenvalue weighted by molar-refractivity contribution is 0.269. The van der Waals surface area contributed by atoms with Crippen LogP contribution in [0.3, 0.4) is 0 Å². The van der Waals surface area contributed by atoms with Gasteiger partial charge in [-0.1, -0.05) is 12.1 Å². The second-order valence-corrected chi connectivity index (χ2v) is 6.64. The van der Waals surface area contributed by atoms with Crippen LogP contribution in [0.1, 0.15) is 18.4 Å². The van der Waals surface area contributed by atoms with E-state index in [4.69, 9.17) is 0 Å². The predicted octanol–water partition coefficient (Wildman–Crippen LogP) is 2.40. The van der Waals surface area contributed by atoms with Gasteiger partial charge >= 0.3 is 0 Å². The van der Waals surface area contributed by atoms with E-state index in [9.17, 15) is 4.39 Å². The molecule has 2 aromatic rings. The van der Waals surface area contributed by atoms with Crippen molar-refractivity contribution in [2.75, 3.05) is 26.2 Å². The second-order valence-electron chi connectivity index (χ2n) is 6.64. The molecule has 2 aliphatic heterocycles. The average Bonchev–Trinajstić information content (AvgIpc) is 3.24. The lowest BCUT2D eigenvalue weighted by atomic mass is 9.86. The largest absolute Gasteiger partial charge is 0.316 e. The number of H-pyrrole nitrogens is 1. The molecule has 2 N–H and O–H groups in total. The number of nitrogens with zero attached hydrogens (tertiary/aromatic N) is 2. The van der Waals surface area contributed by atoms with Crippen LogP contribution >= 0.6 is 0 Å². The molecule has 1 spiro atoms. The fraction of sp³-hybridized carbons (Fsp3) is 0.471. The molecule has 0 saturated carbocycles. The van der Waals surface area contributed by atoms with E-state index in [2.05, 4.69) is 20.4 Å². The molecule has 1 unspecified atom stereocenters. The molecular formula is C17H21FN4. The Morgan fingerprint density at radius 3 is 3.00 bits per heavy atom. The van der Waals surface area contributed by atoms with E-state index < -0.39 is 0 Å². The minimum absolute atomic E-state index is 0.203. The first-order valence-electron chi connectivity index (χ1n) is 7.96. The highest BCUT2D eigenvalue weighted by molar-refractivity contribution is 5.63. The SMILES string of the molecule is Fc1ccccc1-c1[nH]ncc1CN1CCC2(CCNC2)C1. The quantitative estimate of drug-likeness (QED) is 0.915. The van der Waals surface area contributed by atoms with Crippen molar-refractivity contribution in [2.24, 2.45) is 5.41 Å². The molecule has 4 rings (SSSR count). The zero-order valence-electron chi connectivity index (χ0n) is 12.6. The highest BCUT2D eigenvalue weighted by Gasteiger charge is 2.40. The number of benzene rings is 1. The van der Waals surface area contributed by atoms with Crippen molar-refractivity contribution in [3.63, 3.8) is 0 Å². The van der Waals surface area contributed by atoms with Gasteiger partial charge in [-0.25, -0.2) is 4.39 Å². The Labute approximate surface area is 129 Å². The van der Waals surface area contributed by atoms with E-state index in [0.29, 0.717) is 11.0 Å². The van der Waals surface area contributed by atoms with Crippen LogP contribution in [0.5, 0.6) is 0 Å². The van der Waals surface area contributed by atoms with Gasteiger partial charge in [0.25, 0.3) is 0 Å². The second kappa shape index (κ2) is 5.48. The Balaban J connectivity index is 1.53. The molecule has 1 aromatic carbocycles. The Morgan fingerprint density at radius 1 is 1.27 bits per heavy atom.